The first-order valence-corrected chi connectivity index (χ1v) is 13.8. The van der Waals surface area contributed by atoms with E-state index in [1.165, 1.54) is 19.3 Å². The van der Waals surface area contributed by atoms with E-state index in [1.807, 2.05) is 36.4 Å². The van der Waals surface area contributed by atoms with Crippen molar-refractivity contribution in [3.05, 3.63) is 71.8 Å². The summed E-state index contributed by atoms with van der Waals surface area (Å²) in [6.45, 7) is 9.57. The van der Waals surface area contributed by atoms with Crippen molar-refractivity contribution in [2.24, 2.45) is 46.3 Å². The maximum atomic E-state index is 13.3. The number of carbonyl (C=O) groups is 2. The lowest BCUT2D eigenvalue weighted by atomic mass is 9.56. The number of carbonyl (C=O) groups excluding carboxylic acids is 2. The number of rotatable bonds is 6. The third-order valence-electron chi connectivity index (χ3n) is 10.9. The molecule has 0 aliphatic heterocycles. The molecule has 190 valence electrons. The number of benzene rings is 2. The fraction of sp³-hybridized carbons (Fsp3) is 0.562. The van der Waals surface area contributed by atoms with Crippen LogP contribution < -0.4 is 0 Å². The smallest absolute Gasteiger partial charge is 0.338 e. The Morgan fingerprint density at radius 1 is 0.694 bits per heavy atom. The van der Waals surface area contributed by atoms with Crippen LogP contribution in [0.1, 0.15) is 74.1 Å². The molecule has 4 saturated carbocycles. The average molecular weight is 487 g/mol. The van der Waals surface area contributed by atoms with Gasteiger partial charge in [0.2, 0.25) is 0 Å². The minimum absolute atomic E-state index is 0.240. The molecule has 4 aliphatic rings. The summed E-state index contributed by atoms with van der Waals surface area (Å²) < 4.78 is 12.6. The molecule has 0 amide bonds. The van der Waals surface area contributed by atoms with Gasteiger partial charge in [-0.1, -0.05) is 64.1 Å². The van der Waals surface area contributed by atoms with E-state index in [4.69, 9.17) is 9.47 Å². The van der Waals surface area contributed by atoms with Crippen LogP contribution in [-0.4, -0.2) is 24.1 Å². The minimum Gasteiger partial charge on any atom is -0.455 e. The van der Waals surface area contributed by atoms with Crippen molar-refractivity contribution in [1.82, 2.24) is 0 Å². The predicted octanol–water partition coefficient (Wildman–Crippen LogP) is 6.80. The van der Waals surface area contributed by atoms with Gasteiger partial charge in [0.05, 0.1) is 11.1 Å². The fourth-order valence-electron chi connectivity index (χ4n) is 9.29. The predicted molar refractivity (Wildman–Crippen MR) is 138 cm³/mol. The highest BCUT2D eigenvalue weighted by molar-refractivity contribution is 5.90. The van der Waals surface area contributed by atoms with Crippen molar-refractivity contribution in [3.63, 3.8) is 0 Å². The molecule has 6 rings (SSSR count). The molecular weight excluding hydrogens is 448 g/mol. The lowest BCUT2D eigenvalue weighted by Crippen LogP contribution is -2.53. The molecule has 4 bridgehead atoms. The zero-order chi connectivity index (χ0) is 25.2. The van der Waals surface area contributed by atoms with E-state index in [-0.39, 0.29) is 23.8 Å². The molecule has 36 heavy (non-hydrogen) atoms. The molecule has 0 saturated heterocycles. The maximum absolute atomic E-state index is 13.3. The van der Waals surface area contributed by atoms with Gasteiger partial charge in [-0.25, -0.2) is 9.59 Å². The Bertz CT molecular complexity index is 1050. The van der Waals surface area contributed by atoms with E-state index in [0.29, 0.717) is 45.6 Å². The van der Waals surface area contributed by atoms with Crippen molar-refractivity contribution < 1.29 is 19.1 Å². The van der Waals surface area contributed by atoms with Crippen LogP contribution in [0.3, 0.4) is 0 Å². The van der Waals surface area contributed by atoms with Crippen LogP contribution in [0.2, 0.25) is 0 Å². The van der Waals surface area contributed by atoms with Gasteiger partial charge in [0.15, 0.2) is 0 Å². The standard InChI is InChI=1S/C32H38O4/c1-19(2)31-15-16-32(18-31,20(3)4)26-24-17-23(25(26)31)27(35-29(33)21-11-7-5-8-12-21)28(24)36-30(34)22-13-9-6-10-14-22/h5-14,19-20,23-28H,15-18H2,1-4H3. The Labute approximate surface area is 214 Å². The average Bonchev–Trinajstić information content (AvgIpc) is 3.63. The molecule has 0 aromatic heterocycles. The Morgan fingerprint density at radius 3 is 1.44 bits per heavy atom. The van der Waals surface area contributed by atoms with E-state index in [9.17, 15) is 9.59 Å². The lowest BCUT2D eigenvalue weighted by molar-refractivity contribution is -0.118. The van der Waals surface area contributed by atoms with Crippen LogP contribution in [0.25, 0.3) is 0 Å². The SMILES string of the molecule is CC(C)C12CCC(C(C)C)(C1)C1C3CC(C(OC(=O)c4ccccc4)C3OC(=O)c3ccccc3)C12. The summed E-state index contributed by atoms with van der Waals surface area (Å²) in [4.78, 5) is 26.5. The van der Waals surface area contributed by atoms with E-state index in [0.717, 1.165) is 6.42 Å². The Balaban J connectivity index is 1.37. The van der Waals surface area contributed by atoms with Crippen LogP contribution in [0.5, 0.6) is 0 Å². The molecule has 2 aromatic carbocycles. The zero-order valence-electron chi connectivity index (χ0n) is 21.9. The monoisotopic (exact) mass is 486 g/mol. The summed E-state index contributed by atoms with van der Waals surface area (Å²) >= 11 is 0. The Morgan fingerprint density at radius 2 is 1.08 bits per heavy atom. The van der Waals surface area contributed by atoms with Crippen molar-refractivity contribution in [2.45, 2.75) is 65.6 Å². The molecule has 8 unspecified atom stereocenters. The highest BCUT2D eigenvalue weighted by Crippen LogP contribution is 2.80. The number of hydrogen-bond donors (Lipinski definition) is 0. The van der Waals surface area contributed by atoms with Gasteiger partial charge in [0.25, 0.3) is 0 Å². The van der Waals surface area contributed by atoms with Crippen LogP contribution in [0, 0.1) is 46.3 Å². The molecule has 0 radical (unpaired) electrons. The number of esters is 2. The van der Waals surface area contributed by atoms with Gasteiger partial charge in [-0.2, -0.15) is 0 Å². The van der Waals surface area contributed by atoms with Crippen LogP contribution in [-0.2, 0) is 9.47 Å². The van der Waals surface area contributed by atoms with Crippen molar-refractivity contribution in [2.75, 3.05) is 0 Å². The summed E-state index contributed by atoms with van der Waals surface area (Å²) in [5.74, 6) is 2.08. The quantitative estimate of drug-likeness (QED) is 0.333. The fourth-order valence-corrected chi connectivity index (χ4v) is 9.29. The summed E-state index contributed by atoms with van der Waals surface area (Å²) in [6, 6.07) is 18.4. The highest BCUT2D eigenvalue weighted by atomic mass is 16.6. The first kappa shape index (κ1) is 23.8. The van der Waals surface area contributed by atoms with Gasteiger partial charge < -0.3 is 9.47 Å². The third kappa shape index (κ3) is 3.25. The first-order valence-electron chi connectivity index (χ1n) is 13.8. The maximum Gasteiger partial charge on any atom is 0.338 e. The van der Waals surface area contributed by atoms with Gasteiger partial charge >= 0.3 is 11.9 Å². The van der Waals surface area contributed by atoms with Gasteiger partial charge in [-0.3, -0.25) is 0 Å². The minimum atomic E-state index is -0.393. The first-order chi connectivity index (χ1) is 17.3. The lowest BCUT2D eigenvalue weighted by Gasteiger charge is -2.51. The van der Waals surface area contributed by atoms with Crippen molar-refractivity contribution >= 4 is 11.9 Å². The van der Waals surface area contributed by atoms with Crippen molar-refractivity contribution in [3.8, 4) is 0 Å². The molecular formula is C32H38O4. The molecule has 4 aliphatic carbocycles. The molecule has 0 N–H and O–H groups in total. The Kier molecular flexibility index (Phi) is 5.59. The molecule has 0 spiro atoms. The largest absolute Gasteiger partial charge is 0.455 e. The molecule has 2 aromatic rings. The highest BCUT2D eigenvalue weighted by Gasteiger charge is 2.77. The van der Waals surface area contributed by atoms with Crippen LogP contribution in [0.15, 0.2) is 60.7 Å². The van der Waals surface area contributed by atoms with E-state index in [1.54, 1.807) is 24.3 Å². The van der Waals surface area contributed by atoms with Gasteiger partial charge in [0.1, 0.15) is 12.2 Å². The normalized spacial score (nSPS) is 37.9. The molecule has 4 heteroatoms. The molecule has 4 nitrogen and oxygen atoms in total. The topological polar surface area (TPSA) is 52.6 Å². The number of fused-ring (bicyclic) bond motifs is 9. The summed E-state index contributed by atoms with van der Waals surface area (Å²) in [5.41, 5.74) is 1.69. The summed E-state index contributed by atoms with van der Waals surface area (Å²) in [7, 11) is 0. The third-order valence-corrected chi connectivity index (χ3v) is 10.9. The van der Waals surface area contributed by atoms with E-state index >= 15 is 0 Å². The molecule has 0 heterocycles. The Hall–Kier alpha value is -2.62. The number of hydrogen-bond acceptors (Lipinski definition) is 4. The van der Waals surface area contributed by atoms with E-state index < -0.39 is 12.2 Å². The summed E-state index contributed by atoms with van der Waals surface area (Å²) in [5, 5.41) is 0. The van der Waals surface area contributed by atoms with Crippen molar-refractivity contribution in [1.29, 1.82) is 0 Å². The van der Waals surface area contributed by atoms with E-state index in [2.05, 4.69) is 27.7 Å². The van der Waals surface area contributed by atoms with Crippen LogP contribution in [0.4, 0.5) is 0 Å². The van der Waals surface area contributed by atoms with Gasteiger partial charge in [-0.05, 0) is 84.5 Å². The second-order valence-corrected chi connectivity index (χ2v) is 12.5. The summed E-state index contributed by atoms with van der Waals surface area (Å²) in [6.07, 6.45) is 3.99. The second-order valence-electron chi connectivity index (χ2n) is 12.5. The van der Waals surface area contributed by atoms with Gasteiger partial charge in [-0.15, -0.1) is 0 Å². The zero-order valence-corrected chi connectivity index (χ0v) is 21.9. The second kappa shape index (κ2) is 8.46. The molecule has 8 atom stereocenters. The number of ether oxygens (including phenoxy) is 2. The molecule has 4 fully saturated rings. The van der Waals surface area contributed by atoms with Crippen LogP contribution >= 0.6 is 0 Å². The van der Waals surface area contributed by atoms with Gasteiger partial charge in [0, 0.05) is 11.8 Å².